The van der Waals surface area contributed by atoms with Gasteiger partial charge in [0.25, 0.3) is 0 Å². The van der Waals surface area contributed by atoms with Crippen molar-refractivity contribution in [3.63, 3.8) is 0 Å². The van der Waals surface area contributed by atoms with Crippen molar-refractivity contribution in [2.45, 2.75) is 13.5 Å². The Morgan fingerprint density at radius 1 is 1.24 bits per heavy atom. The smallest absolute Gasteiger partial charge is 0.172 e. The number of hydrogen-bond acceptors (Lipinski definition) is 3. The van der Waals surface area contributed by atoms with E-state index in [0.717, 1.165) is 27.1 Å². The fourth-order valence-electron chi connectivity index (χ4n) is 2.18. The Morgan fingerprint density at radius 2 is 2.00 bits per heavy atom. The van der Waals surface area contributed by atoms with Crippen LogP contribution in [0.1, 0.15) is 11.3 Å². The Bertz CT molecular complexity index is 896. The number of hydrogen-bond donors (Lipinski definition) is 2. The monoisotopic (exact) mass is 435 g/mol. The van der Waals surface area contributed by atoms with Crippen molar-refractivity contribution in [2.24, 2.45) is 0 Å². The second-order valence-corrected chi connectivity index (χ2v) is 7.10. The molecule has 2 heterocycles. The van der Waals surface area contributed by atoms with Gasteiger partial charge in [-0.25, -0.2) is 4.98 Å². The first-order valence-electron chi connectivity index (χ1n) is 7.53. The van der Waals surface area contributed by atoms with Crippen LogP contribution in [0.3, 0.4) is 0 Å². The maximum absolute atomic E-state index is 5.90. The van der Waals surface area contributed by atoms with Crippen LogP contribution in [-0.2, 0) is 6.54 Å². The number of nitrogens with zero attached hydrogens (tertiary/aromatic N) is 1. The van der Waals surface area contributed by atoms with Crippen LogP contribution in [0.15, 0.2) is 57.6 Å². The summed E-state index contributed by atoms with van der Waals surface area (Å²) in [7, 11) is 0. The average molecular weight is 437 g/mol. The van der Waals surface area contributed by atoms with Crippen LogP contribution in [0.2, 0.25) is 5.02 Å². The summed E-state index contributed by atoms with van der Waals surface area (Å²) in [6.07, 6.45) is 1.74. The fourth-order valence-corrected chi connectivity index (χ4v) is 2.70. The molecule has 7 heteroatoms. The van der Waals surface area contributed by atoms with Crippen LogP contribution in [0.4, 0.5) is 5.82 Å². The summed E-state index contributed by atoms with van der Waals surface area (Å²) in [6, 6.07) is 13.3. The van der Waals surface area contributed by atoms with Crippen molar-refractivity contribution >= 4 is 50.7 Å². The minimum absolute atomic E-state index is 0.481. The molecule has 1 aromatic carbocycles. The highest BCUT2D eigenvalue weighted by Crippen LogP contribution is 2.23. The van der Waals surface area contributed by atoms with E-state index in [4.69, 9.17) is 28.2 Å². The second kappa shape index (κ2) is 7.99. The molecule has 0 aliphatic rings. The first kappa shape index (κ1) is 17.9. The molecule has 0 aliphatic carbocycles. The summed E-state index contributed by atoms with van der Waals surface area (Å²) in [5.74, 6) is 2.27. The Hall–Kier alpha value is -1.89. The molecular formula is C18H15BrClN3OS. The number of halogens is 2. The Kier molecular flexibility index (Phi) is 5.73. The molecule has 4 nitrogen and oxygen atoms in total. The SMILES string of the molecule is Cc1cc(NC(=S)NCc2ccc(-c3ccc(Cl)cc3)o2)ncc1Br. The molecule has 0 spiro atoms. The standard InChI is InChI=1S/C18H15BrClN3OS/c1-11-8-17(21-10-15(11)19)23-18(25)22-9-14-6-7-16(24-14)12-2-4-13(20)5-3-12/h2-8,10H,9H2,1H3,(H2,21,22,23,25). The van der Waals surface area contributed by atoms with Gasteiger partial charge in [0, 0.05) is 21.3 Å². The molecule has 2 N–H and O–H groups in total. The number of thiocarbonyl (C=S) groups is 1. The molecule has 0 aliphatic heterocycles. The van der Waals surface area contributed by atoms with Crippen LogP contribution < -0.4 is 10.6 Å². The Labute approximate surface area is 164 Å². The van der Waals surface area contributed by atoms with Gasteiger partial charge in [0.15, 0.2) is 5.11 Å². The minimum Gasteiger partial charge on any atom is -0.459 e. The number of rotatable bonds is 4. The van der Waals surface area contributed by atoms with E-state index < -0.39 is 0 Å². The minimum atomic E-state index is 0.481. The van der Waals surface area contributed by atoms with Gasteiger partial charge >= 0.3 is 0 Å². The van der Waals surface area contributed by atoms with Gasteiger partial charge in [0.2, 0.25) is 0 Å². The van der Waals surface area contributed by atoms with E-state index in [9.17, 15) is 0 Å². The predicted octanol–water partition coefficient (Wildman–Crippen LogP) is 5.55. The van der Waals surface area contributed by atoms with Crippen LogP contribution >= 0.6 is 39.7 Å². The third kappa shape index (κ3) is 4.81. The van der Waals surface area contributed by atoms with Crippen molar-refractivity contribution in [2.75, 3.05) is 5.32 Å². The number of benzene rings is 1. The summed E-state index contributed by atoms with van der Waals surface area (Å²) >= 11 is 14.6. The van der Waals surface area contributed by atoms with Crippen LogP contribution in [0.5, 0.6) is 0 Å². The first-order chi connectivity index (χ1) is 12.0. The third-order valence-corrected chi connectivity index (χ3v) is 4.83. The van der Waals surface area contributed by atoms with Gasteiger partial charge < -0.3 is 15.1 Å². The predicted molar refractivity (Wildman–Crippen MR) is 109 cm³/mol. The van der Waals surface area contributed by atoms with Gasteiger partial charge in [0.1, 0.15) is 17.3 Å². The van der Waals surface area contributed by atoms with Crippen LogP contribution in [-0.4, -0.2) is 10.1 Å². The number of anilines is 1. The van der Waals surface area contributed by atoms with Gasteiger partial charge in [0.05, 0.1) is 6.54 Å². The number of furan rings is 1. The summed E-state index contributed by atoms with van der Waals surface area (Å²) in [4.78, 5) is 4.27. The van der Waals surface area contributed by atoms with Crippen LogP contribution in [0, 0.1) is 6.92 Å². The molecule has 0 unspecified atom stereocenters. The second-order valence-electron chi connectivity index (χ2n) is 5.40. The fraction of sp³-hybridized carbons (Fsp3) is 0.111. The normalized spacial score (nSPS) is 10.5. The van der Waals surface area contributed by atoms with Gasteiger partial charge in [-0.1, -0.05) is 11.6 Å². The lowest BCUT2D eigenvalue weighted by atomic mass is 10.2. The van der Waals surface area contributed by atoms with Crippen LogP contribution in [0.25, 0.3) is 11.3 Å². The lowest BCUT2D eigenvalue weighted by molar-refractivity contribution is 0.516. The largest absolute Gasteiger partial charge is 0.459 e. The molecule has 3 aromatic rings. The zero-order valence-corrected chi connectivity index (χ0v) is 16.5. The summed E-state index contributed by atoms with van der Waals surface area (Å²) < 4.78 is 6.79. The molecule has 0 saturated carbocycles. The maximum atomic E-state index is 5.90. The van der Waals surface area contributed by atoms with E-state index >= 15 is 0 Å². The number of nitrogens with one attached hydrogen (secondary N) is 2. The molecule has 3 rings (SSSR count). The molecule has 0 atom stereocenters. The molecule has 128 valence electrons. The van der Waals surface area contributed by atoms with E-state index in [0.29, 0.717) is 22.5 Å². The van der Waals surface area contributed by atoms with E-state index in [1.165, 1.54) is 0 Å². The lowest BCUT2D eigenvalue weighted by Crippen LogP contribution is -2.28. The van der Waals surface area contributed by atoms with Gasteiger partial charge in [-0.2, -0.15) is 0 Å². The van der Waals surface area contributed by atoms with Crippen molar-refractivity contribution in [1.82, 2.24) is 10.3 Å². The van der Waals surface area contributed by atoms with Gasteiger partial charge in [-0.3, -0.25) is 0 Å². The average Bonchev–Trinajstić information content (AvgIpc) is 3.06. The number of aromatic nitrogens is 1. The summed E-state index contributed by atoms with van der Waals surface area (Å²) in [5, 5.41) is 7.35. The summed E-state index contributed by atoms with van der Waals surface area (Å²) in [6.45, 7) is 2.48. The van der Waals surface area contributed by atoms with Crippen molar-refractivity contribution in [1.29, 1.82) is 0 Å². The van der Waals surface area contributed by atoms with E-state index in [-0.39, 0.29) is 0 Å². The maximum Gasteiger partial charge on any atom is 0.172 e. The molecule has 0 bridgehead atoms. The molecular weight excluding hydrogens is 422 g/mol. The number of pyridine rings is 1. The van der Waals surface area contributed by atoms with E-state index in [1.54, 1.807) is 6.20 Å². The van der Waals surface area contributed by atoms with E-state index in [2.05, 4.69) is 31.5 Å². The quantitative estimate of drug-likeness (QED) is 0.525. The molecule has 0 saturated heterocycles. The van der Waals surface area contributed by atoms with Gasteiger partial charge in [-0.05, 0) is 83.1 Å². The molecule has 25 heavy (non-hydrogen) atoms. The van der Waals surface area contributed by atoms with Crippen molar-refractivity contribution in [3.8, 4) is 11.3 Å². The zero-order valence-electron chi connectivity index (χ0n) is 13.3. The highest BCUT2D eigenvalue weighted by atomic mass is 79.9. The van der Waals surface area contributed by atoms with Crippen molar-refractivity contribution in [3.05, 3.63) is 69.5 Å². The molecule has 2 aromatic heterocycles. The molecule has 0 fully saturated rings. The third-order valence-electron chi connectivity index (χ3n) is 3.50. The first-order valence-corrected chi connectivity index (χ1v) is 9.11. The van der Waals surface area contributed by atoms with Crippen molar-refractivity contribution < 1.29 is 4.42 Å². The topological polar surface area (TPSA) is 50.1 Å². The Balaban J connectivity index is 1.57. The molecule has 0 amide bonds. The molecule has 0 radical (unpaired) electrons. The lowest BCUT2D eigenvalue weighted by Gasteiger charge is -2.09. The summed E-state index contributed by atoms with van der Waals surface area (Å²) in [5.41, 5.74) is 2.06. The Morgan fingerprint density at radius 3 is 2.72 bits per heavy atom. The zero-order chi connectivity index (χ0) is 17.8. The van der Waals surface area contributed by atoms with Gasteiger partial charge in [-0.15, -0.1) is 0 Å². The number of aryl methyl sites for hydroxylation is 1. The van der Waals surface area contributed by atoms with E-state index in [1.807, 2.05) is 49.4 Å². The highest BCUT2D eigenvalue weighted by molar-refractivity contribution is 9.10. The highest BCUT2D eigenvalue weighted by Gasteiger charge is 2.06.